The maximum atomic E-state index is 6.69. The Kier molecular flexibility index (Phi) is 2.81. The highest BCUT2D eigenvalue weighted by Gasteiger charge is 2.12. The molecule has 0 unspecified atom stereocenters. The zero-order valence-corrected chi connectivity index (χ0v) is 12.8. The third kappa shape index (κ3) is 1.81. The van der Waals surface area contributed by atoms with Crippen molar-refractivity contribution >= 4 is 55.8 Å². The number of rotatable bonds is 0. The lowest BCUT2D eigenvalue weighted by Gasteiger charge is -2.10. The first-order valence-corrected chi connectivity index (χ1v) is 7.48. The fourth-order valence-electron chi connectivity index (χ4n) is 2.87. The van der Waals surface area contributed by atoms with Crippen LogP contribution in [0.1, 0.15) is 5.56 Å². The van der Waals surface area contributed by atoms with Crippen molar-refractivity contribution in [2.45, 2.75) is 6.92 Å². The van der Waals surface area contributed by atoms with Gasteiger partial charge in [0.2, 0.25) is 0 Å². The monoisotopic (exact) mass is 311 g/mol. The second kappa shape index (κ2) is 4.59. The van der Waals surface area contributed by atoms with Crippen LogP contribution in [0.25, 0.3) is 32.6 Å². The Morgan fingerprint density at radius 2 is 1.57 bits per heavy atom. The number of halogens is 2. The van der Waals surface area contributed by atoms with Crippen molar-refractivity contribution in [3.63, 3.8) is 0 Å². The second-order valence-corrected chi connectivity index (χ2v) is 5.98. The van der Waals surface area contributed by atoms with Crippen LogP contribution in [0.5, 0.6) is 0 Å². The number of benzene rings is 3. The van der Waals surface area contributed by atoms with Crippen LogP contribution in [-0.2, 0) is 0 Å². The van der Waals surface area contributed by atoms with E-state index in [9.17, 15) is 0 Å². The average molecular weight is 312 g/mol. The minimum atomic E-state index is 0.731. The molecule has 102 valence electrons. The number of fused-ring (bicyclic) bond motifs is 4. The predicted molar refractivity (Wildman–Crippen MR) is 91.5 cm³/mol. The van der Waals surface area contributed by atoms with Crippen LogP contribution in [0.2, 0.25) is 10.0 Å². The number of hydrogen-bond donors (Lipinski definition) is 0. The highest BCUT2D eigenvalue weighted by atomic mass is 35.5. The van der Waals surface area contributed by atoms with Crippen LogP contribution >= 0.6 is 23.2 Å². The van der Waals surface area contributed by atoms with Gasteiger partial charge in [-0.25, -0.2) is 4.98 Å². The summed E-state index contributed by atoms with van der Waals surface area (Å²) >= 11 is 13.0. The maximum absolute atomic E-state index is 6.69. The first kappa shape index (κ1) is 12.9. The van der Waals surface area contributed by atoms with Crippen molar-refractivity contribution in [2.75, 3.05) is 0 Å². The number of pyridine rings is 1. The van der Waals surface area contributed by atoms with Gasteiger partial charge in [0.15, 0.2) is 0 Å². The number of hydrogen-bond acceptors (Lipinski definition) is 1. The van der Waals surface area contributed by atoms with Gasteiger partial charge in [-0.3, -0.25) is 0 Å². The van der Waals surface area contributed by atoms with Crippen LogP contribution in [-0.4, -0.2) is 4.98 Å². The van der Waals surface area contributed by atoms with Gasteiger partial charge in [-0.15, -0.1) is 0 Å². The van der Waals surface area contributed by atoms with Crippen LogP contribution < -0.4 is 0 Å². The van der Waals surface area contributed by atoms with E-state index in [0.29, 0.717) is 0 Å². The Hall–Kier alpha value is -1.83. The van der Waals surface area contributed by atoms with Gasteiger partial charge in [-0.1, -0.05) is 59.6 Å². The van der Waals surface area contributed by atoms with E-state index in [1.54, 1.807) is 0 Å². The lowest BCUT2D eigenvalue weighted by atomic mass is 10.0. The molecule has 0 aliphatic heterocycles. The van der Waals surface area contributed by atoms with Crippen molar-refractivity contribution in [1.29, 1.82) is 0 Å². The fraction of sp³-hybridized carbons (Fsp3) is 0.0556. The van der Waals surface area contributed by atoms with Gasteiger partial charge in [-0.05, 0) is 30.0 Å². The molecule has 0 amide bonds. The molecule has 4 aromatic rings. The highest BCUT2D eigenvalue weighted by Crippen LogP contribution is 2.37. The average Bonchev–Trinajstić information content (AvgIpc) is 2.48. The summed E-state index contributed by atoms with van der Waals surface area (Å²) in [5.41, 5.74) is 2.98. The lowest BCUT2D eigenvalue weighted by Crippen LogP contribution is -1.89. The second-order valence-electron chi connectivity index (χ2n) is 5.19. The van der Waals surface area contributed by atoms with Crippen LogP contribution in [0.4, 0.5) is 0 Å². The molecular formula is C18H11Cl2N. The summed E-state index contributed by atoms with van der Waals surface area (Å²) in [5, 5.41) is 5.47. The van der Waals surface area contributed by atoms with Gasteiger partial charge < -0.3 is 0 Å². The van der Waals surface area contributed by atoms with E-state index in [2.05, 4.69) is 13.0 Å². The standard InChI is InChI=1S/C18H11Cl2N/c1-10-4-2-6-13-17(20)16-12-5-3-7-14(19)11(12)8-9-15(16)21-18(10)13/h2-9H,1H3. The molecule has 0 spiro atoms. The molecule has 0 aliphatic carbocycles. The summed E-state index contributed by atoms with van der Waals surface area (Å²) in [6.45, 7) is 2.05. The number of nitrogens with zero attached hydrogens (tertiary/aromatic N) is 1. The number of aromatic nitrogens is 1. The molecule has 4 rings (SSSR count). The predicted octanol–water partition coefficient (Wildman–Crippen LogP) is 6.16. The molecule has 0 aliphatic rings. The van der Waals surface area contributed by atoms with E-state index in [0.717, 1.165) is 48.2 Å². The molecule has 0 saturated heterocycles. The quantitative estimate of drug-likeness (QED) is 0.280. The molecule has 0 atom stereocenters. The maximum Gasteiger partial charge on any atom is 0.0753 e. The summed E-state index contributed by atoms with van der Waals surface area (Å²) in [6, 6.07) is 15.9. The van der Waals surface area contributed by atoms with E-state index < -0.39 is 0 Å². The third-order valence-electron chi connectivity index (χ3n) is 3.91. The molecule has 1 heterocycles. The van der Waals surface area contributed by atoms with Gasteiger partial charge in [0.1, 0.15) is 0 Å². The zero-order valence-electron chi connectivity index (χ0n) is 11.3. The lowest BCUT2D eigenvalue weighted by molar-refractivity contribution is 1.43. The van der Waals surface area contributed by atoms with Crippen molar-refractivity contribution < 1.29 is 0 Å². The first-order chi connectivity index (χ1) is 10.2. The number of aryl methyl sites for hydroxylation is 1. The smallest absolute Gasteiger partial charge is 0.0753 e. The largest absolute Gasteiger partial charge is 0.247 e. The first-order valence-electron chi connectivity index (χ1n) is 6.72. The Morgan fingerprint density at radius 3 is 2.43 bits per heavy atom. The van der Waals surface area contributed by atoms with E-state index >= 15 is 0 Å². The summed E-state index contributed by atoms with van der Waals surface area (Å²) in [6.07, 6.45) is 0. The summed E-state index contributed by atoms with van der Waals surface area (Å²) < 4.78 is 0. The van der Waals surface area contributed by atoms with Gasteiger partial charge in [0, 0.05) is 21.2 Å². The Morgan fingerprint density at radius 1 is 0.810 bits per heavy atom. The summed E-state index contributed by atoms with van der Waals surface area (Å²) in [7, 11) is 0. The Bertz CT molecular complexity index is 1020. The molecule has 1 nitrogen and oxygen atoms in total. The van der Waals surface area contributed by atoms with E-state index in [-0.39, 0.29) is 0 Å². The summed E-state index contributed by atoms with van der Waals surface area (Å²) in [4.78, 5) is 4.79. The van der Waals surface area contributed by atoms with E-state index in [4.69, 9.17) is 28.2 Å². The van der Waals surface area contributed by atoms with Crippen LogP contribution in [0, 0.1) is 6.92 Å². The molecule has 21 heavy (non-hydrogen) atoms. The third-order valence-corrected chi connectivity index (χ3v) is 4.63. The van der Waals surface area contributed by atoms with Crippen molar-refractivity contribution in [3.05, 3.63) is 64.1 Å². The fourth-order valence-corrected chi connectivity index (χ4v) is 3.46. The Labute approximate surface area is 132 Å². The van der Waals surface area contributed by atoms with Crippen molar-refractivity contribution in [3.8, 4) is 0 Å². The van der Waals surface area contributed by atoms with Gasteiger partial charge in [0.05, 0.1) is 16.1 Å². The molecule has 0 N–H and O–H groups in total. The van der Waals surface area contributed by atoms with Gasteiger partial charge in [-0.2, -0.15) is 0 Å². The number of para-hydroxylation sites is 1. The normalized spacial score (nSPS) is 11.6. The molecular weight excluding hydrogens is 301 g/mol. The van der Waals surface area contributed by atoms with Gasteiger partial charge in [0.25, 0.3) is 0 Å². The SMILES string of the molecule is Cc1cccc2c(Cl)c3c(ccc4c(Cl)cccc43)nc12. The molecule has 0 bridgehead atoms. The highest BCUT2D eigenvalue weighted by molar-refractivity contribution is 6.43. The van der Waals surface area contributed by atoms with Gasteiger partial charge >= 0.3 is 0 Å². The van der Waals surface area contributed by atoms with E-state index in [1.165, 1.54) is 0 Å². The minimum absolute atomic E-state index is 0.731. The van der Waals surface area contributed by atoms with Crippen molar-refractivity contribution in [1.82, 2.24) is 4.98 Å². The summed E-state index contributed by atoms with van der Waals surface area (Å²) in [5.74, 6) is 0. The molecule has 0 saturated carbocycles. The molecule has 1 aromatic heterocycles. The van der Waals surface area contributed by atoms with E-state index in [1.807, 2.05) is 42.5 Å². The van der Waals surface area contributed by atoms with Crippen molar-refractivity contribution in [2.24, 2.45) is 0 Å². The molecule has 3 heteroatoms. The minimum Gasteiger partial charge on any atom is -0.247 e. The topological polar surface area (TPSA) is 12.9 Å². The Balaban J connectivity index is 2.32. The van der Waals surface area contributed by atoms with Crippen LogP contribution in [0.3, 0.4) is 0 Å². The van der Waals surface area contributed by atoms with Crippen LogP contribution in [0.15, 0.2) is 48.5 Å². The molecule has 0 radical (unpaired) electrons. The molecule has 3 aromatic carbocycles. The molecule has 0 fully saturated rings. The zero-order chi connectivity index (χ0) is 14.6.